The van der Waals surface area contributed by atoms with Crippen LogP contribution in [0.25, 0.3) is 0 Å². The first-order valence-corrected chi connectivity index (χ1v) is 11.8. The van der Waals surface area contributed by atoms with Crippen LogP contribution in [0, 0.1) is 18.8 Å². The number of thiophene rings is 1. The average molecular weight is 472 g/mol. The number of imide groups is 1. The number of rotatable bonds is 7. The van der Waals surface area contributed by atoms with E-state index >= 15 is 0 Å². The lowest BCUT2D eigenvalue weighted by molar-refractivity contribution is -0.154. The second-order valence-electron chi connectivity index (χ2n) is 8.46. The van der Waals surface area contributed by atoms with Gasteiger partial charge in [0.2, 0.25) is 5.91 Å². The quantitative estimate of drug-likeness (QED) is 0.601. The lowest BCUT2D eigenvalue weighted by atomic mass is 9.87. The Balaban J connectivity index is 1.72. The van der Waals surface area contributed by atoms with Crippen LogP contribution in [0.2, 0.25) is 0 Å². The third kappa shape index (κ3) is 6.41. The van der Waals surface area contributed by atoms with Crippen molar-refractivity contribution < 1.29 is 23.9 Å². The van der Waals surface area contributed by atoms with Crippen molar-refractivity contribution in [1.82, 2.24) is 10.6 Å². The fraction of sp³-hybridized carbons (Fsp3) is 0.417. The Bertz CT molecular complexity index is 988. The maximum Gasteiger partial charge on any atom is 0.321 e. The van der Waals surface area contributed by atoms with Crippen molar-refractivity contribution in [2.24, 2.45) is 11.8 Å². The number of carbonyl (C=O) groups excluding carboxylic acids is 4. The van der Waals surface area contributed by atoms with E-state index in [4.69, 9.17) is 4.74 Å². The van der Waals surface area contributed by atoms with Gasteiger partial charge >= 0.3 is 12.0 Å². The van der Waals surface area contributed by atoms with Gasteiger partial charge in [0.25, 0.3) is 5.91 Å². The van der Waals surface area contributed by atoms with Gasteiger partial charge in [-0.05, 0) is 42.8 Å². The van der Waals surface area contributed by atoms with Gasteiger partial charge in [-0.1, -0.05) is 37.6 Å². The van der Waals surface area contributed by atoms with Crippen molar-refractivity contribution in [3.63, 3.8) is 0 Å². The highest BCUT2D eigenvalue weighted by Gasteiger charge is 2.43. The van der Waals surface area contributed by atoms with Crippen LogP contribution in [0.4, 0.5) is 10.5 Å². The number of urea groups is 1. The normalized spacial score (nSPS) is 18.2. The lowest BCUT2D eigenvalue weighted by Gasteiger charge is -2.39. The van der Waals surface area contributed by atoms with Crippen molar-refractivity contribution in [2.75, 3.05) is 18.1 Å². The topological polar surface area (TPSA) is 105 Å². The number of carbonyl (C=O) groups is 4. The molecule has 1 saturated heterocycles. The molecule has 4 amide bonds. The third-order valence-electron chi connectivity index (χ3n) is 5.32. The van der Waals surface area contributed by atoms with Crippen molar-refractivity contribution in [2.45, 2.75) is 39.7 Å². The summed E-state index contributed by atoms with van der Waals surface area (Å²) in [6.07, 6.45) is 0.512. The second kappa shape index (κ2) is 11.1. The summed E-state index contributed by atoms with van der Waals surface area (Å²) in [5.74, 6) is -1.75. The van der Waals surface area contributed by atoms with Crippen LogP contribution in [-0.2, 0) is 19.1 Å². The summed E-state index contributed by atoms with van der Waals surface area (Å²) in [7, 11) is 0. The van der Waals surface area contributed by atoms with Crippen molar-refractivity contribution in [1.29, 1.82) is 0 Å². The fourth-order valence-electron chi connectivity index (χ4n) is 3.68. The zero-order valence-electron chi connectivity index (χ0n) is 19.0. The summed E-state index contributed by atoms with van der Waals surface area (Å²) in [4.78, 5) is 52.2. The van der Waals surface area contributed by atoms with E-state index < -0.39 is 36.5 Å². The van der Waals surface area contributed by atoms with E-state index in [0.29, 0.717) is 18.7 Å². The summed E-state index contributed by atoms with van der Waals surface area (Å²) in [5.41, 5.74) is 1.77. The minimum Gasteiger partial charge on any atom is -0.455 e. The molecule has 1 aliphatic heterocycles. The SMILES string of the molecule is Cc1ccc(N2C(=O)CCC(C(=O)OCC(=O)NC(=O)NCC(C)C)C2c2cccs2)cc1. The van der Waals surface area contributed by atoms with Gasteiger partial charge in [0.05, 0.1) is 12.0 Å². The molecule has 33 heavy (non-hydrogen) atoms. The standard InChI is InChI=1S/C24H29N3O5S/c1-15(2)13-25-24(31)26-20(28)14-32-23(30)18-10-11-21(29)27(17-8-6-16(3)7-9-17)22(18)19-5-4-12-33-19/h4-9,12,15,18,22H,10-11,13-14H2,1-3H3,(H2,25,26,28,31). The molecule has 3 rings (SSSR count). The maximum atomic E-state index is 13.0. The molecule has 1 aromatic heterocycles. The molecule has 176 valence electrons. The van der Waals surface area contributed by atoms with E-state index in [1.165, 1.54) is 11.3 Å². The van der Waals surface area contributed by atoms with Gasteiger partial charge in [0.1, 0.15) is 0 Å². The summed E-state index contributed by atoms with van der Waals surface area (Å²) < 4.78 is 5.27. The van der Waals surface area contributed by atoms with Crippen LogP contribution in [-0.4, -0.2) is 37.0 Å². The smallest absolute Gasteiger partial charge is 0.321 e. The minimum atomic E-state index is -0.709. The molecule has 2 aromatic rings. The first kappa shape index (κ1) is 24.4. The van der Waals surface area contributed by atoms with Gasteiger partial charge in [-0.25, -0.2) is 4.79 Å². The fourth-order valence-corrected chi connectivity index (χ4v) is 4.56. The molecule has 0 spiro atoms. The number of nitrogens with one attached hydrogen (secondary N) is 2. The minimum absolute atomic E-state index is 0.0686. The van der Waals surface area contributed by atoms with E-state index in [1.54, 1.807) is 4.90 Å². The number of ether oxygens (including phenoxy) is 1. The number of hydrogen-bond donors (Lipinski definition) is 2. The number of hydrogen-bond acceptors (Lipinski definition) is 6. The summed E-state index contributed by atoms with van der Waals surface area (Å²) >= 11 is 1.46. The molecule has 2 unspecified atom stereocenters. The highest BCUT2D eigenvalue weighted by molar-refractivity contribution is 7.10. The predicted molar refractivity (Wildman–Crippen MR) is 126 cm³/mol. The summed E-state index contributed by atoms with van der Waals surface area (Å²) in [6, 6.07) is 10.2. The van der Waals surface area contributed by atoms with Crippen LogP contribution < -0.4 is 15.5 Å². The molecule has 9 heteroatoms. The van der Waals surface area contributed by atoms with Crippen molar-refractivity contribution in [3.05, 3.63) is 52.2 Å². The Morgan fingerprint density at radius 3 is 2.55 bits per heavy atom. The number of nitrogens with zero attached hydrogens (tertiary/aromatic N) is 1. The zero-order chi connectivity index (χ0) is 24.0. The molecule has 2 N–H and O–H groups in total. The molecule has 2 heterocycles. The Morgan fingerprint density at radius 2 is 1.91 bits per heavy atom. The van der Waals surface area contributed by atoms with Crippen LogP contribution in [0.1, 0.15) is 43.2 Å². The molecular formula is C24H29N3O5S. The number of benzene rings is 1. The van der Waals surface area contributed by atoms with E-state index in [-0.39, 0.29) is 18.2 Å². The zero-order valence-corrected chi connectivity index (χ0v) is 19.8. The Labute approximate surface area is 197 Å². The Kier molecular flexibility index (Phi) is 8.21. The average Bonchev–Trinajstić information content (AvgIpc) is 3.31. The molecule has 8 nitrogen and oxygen atoms in total. The maximum absolute atomic E-state index is 13.0. The Morgan fingerprint density at radius 1 is 1.18 bits per heavy atom. The Hall–Kier alpha value is -3.20. The van der Waals surface area contributed by atoms with Crippen molar-refractivity contribution >= 4 is 40.8 Å². The summed E-state index contributed by atoms with van der Waals surface area (Å²) in [5, 5.41) is 6.62. The van der Waals surface area contributed by atoms with Crippen LogP contribution in [0.15, 0.2) is 41.8 Å². The van der Waals surface area contributed by atoms with Gasteiger partial charge in [0, 0.05) is 23.5 Å². The van der Waals surface area contributed by atoms with Crippen molar-refractivity contribution in [3.8, 4) is 0 Å². The largest absolute Gasteiger partial charge is 0.455 e. The van der Waals surface area contributed by atoms with Crippen LogP contribution in [0.3, 0.4) is 0 Å². The highest BCUT2D eigenvalue weighted by Crippen LogP contribution is 2.42. The lowest BCUT2D eigenvalue weighted by Crippen LogP contribution is -2.46. The van der Waals surface area contributed by atoms with Crippen LogP contribution in [0.5, 0.6) is 0 Å². The van der Waals surface area contributed by atoms with Crippen LogP contribution >= 0.6 is 11.3 Å². The van der Waals surface area contributed by atoms with Gasteiger partial charge in [-0.3, -0.25) is 19.7 Å². The molecule has 0 radical (unpaired) electrons. The predicted octanol–water partition coefficient (Wildman–Crippen LogP) is 3.57. The molecule has 1 aromatic carbocycles. The highest BCUT2D eigenvalue weighted by atomic mass is 32.1. The first-order valence-electron chi connectivity index (χ1n) is 10.9. The van der Waals surface area contributed by atoms with Gasteiger partial charge < -0.3 is 15.0 Å². The first-order chi connectivity index (χ1) is 15.8. The van der Waals surface area contributed by atoms with E-state index in [0.717, 1.165) is 10.4 Å². The van der Waals surface area contributed by atoms with Gasteiger partial charge in [0.15, 0.2) is 6.61 Å². The van der Waals surface area contributed by atoms with E-state index in [9.17, 15) is 19.2 Å². The molecule has 0 aliphatic carbocycles. The number of aryl methyl sites for hydroxylation is 1. The molecule has 0 bridgehead atoms. The van der Waals surface area contributed by atoms with Gasteiger partial charge in [-0.15, -0.1) is 11.3 Å². The third-order valence-corrected chi connectivity index (χ3v) is 6.26. The molecule has 0 saturated carbocycles. The number of amides is 4. The molecule has 1 aliphatic rings. The molecule has 1 fully saturated rings. The van der Waals surface area contributed by atoms with Gasteiger partial charge in [-0.2, -0.15) is 0 Å². The number of anilines is 1. The molecule has 2 atom stereocenters. The number of esters is 1. The number of piperidine rings is 1. The second-order valence-corrected chi connectivity index (χ2v) is 9.44. The van der Waals surface area contributed by atoms with E-state index in [1.807, 2.05) is 62.5 Å². The summed E-state index contributed by atoms with van der Waals surface area (Å²) in [6.45, 7) is 5.69. The molecular weight excluding hydrogens is 442 g/mol. The van der Waals surface area contributed by atoms with E-state index in [2.05, 4.69) is 10.6 Å². The monoisotopic (exact) mass is 471 g/mol.